The second-order valence-corrected chi connectivity index (χ2v) is 6.00. The summed E-state index contributed by atoms with van der Waals surface area (Å²) < 4.78 is 1.98. The Bertz CT molecular complexity index is 766. The average Bonchev–Trinajstić information content (AvgIpc) is 3.17. The molecule has 0 amide bonds. The van der Waals surface area contributed by atoms with Crippen LogP contribution in [0.25, 0.3) is 5.65 Å². The maximum absolute atomic E-state index is 4.41. The Morgan fingerprint density at radius 3 is 2.82 bits per heavy atom. The van der Waals surface area contributed by atoms with Crippen molar-refractivity contribution in [2.75, 3.05) is 13.1 Å². The molecule has 0 spiro atoms. The molecule has 3 aromatic rings. The number of aromatic nitrogens is 5. The van der Waals surface area contributed by atoms with E-state index in [0.29, 0.717) is 5.92 Å². The van der Waals surface area contributed by atoms with Gasteiger partial charge in [-0.15, -0.1) is 0 Å². The second kappa shape index (κ2) is 5.53. The Morgan fingerprint density at radius 1 is 1.18 bits per heavy atom. The van der Waals surface area contributed by atoms with Gasteiger partial charge in [0.1, 0.15) is 0 Å². The molecular weight excluding hydrogens is 276 g/mol. The molecule has 4 heterocycles. The number of imidazole rings is 1. The van der Waals surface area contributed by atoms with Crippen LogP contribution in [0.2, 0.25) is 0 Å². The second-order valence-electron chi connectivity index (χ2n) is 6.00. The summed E-state index contributed by atoms with van der Waals surface area (Å²) in [6.45, 7) is 5.22. The fourth-order valence-electron chi connectivity index (χ4n) is 3.31. The summed E-state index contributed by atoms with van der Waals surface area (Å²) in [7, 11) is 0. The summed E-state index contributed by atoms with van der Waals surface area (Å²) in [6, 6.07) is 4.07. The number of nitrogens with one attached hydrogen (secondary N) is 1. The minimum absolute atomic E-state index is 0.557. The molecule has 6 heteroatoms. The van der Waals surface area contributed by atoms with Crippen molar-refractivity contribution in [2.45, 2.75) is 32.2 Å². The van der Waals surface area contributed by atoms with Crippen molar-refractivity contribution in [1.29, 1.82) is 0 Å². The maximum Gasteiger partial charge on any atom is 0.155 e. The molecule has 1 N–H and O–H groups in total. The van der Waals surface area contributed by atoms with Crippen molar-refractivity contribution >= 4 is 5.65 Å². The Kier molecular flexibility index (Phi) is 3.38. The van der Waals surface area contributed by atoms with Gasteiger partial charge < -0.3 is 4.98 Å². The SMILES string of the molecule is Cc1[nH]cnc1CN1CCC(c2ccnc3ccnn23)CC1. The molecule has 114 valence electrons. The molecule has 0 saturated carbocycles. The van der Waals surface area contributed by atoms with E-state index in [4.69, 9.17) is 0 Å². The zero-order valence-electron chi connectivity index (χ0n) is 12.7. The van der Waals surface area contributed by atoms with Gasteiger partial charge >= 0.3 is 0 Å². The molecule has 4 rings (SSSR count). The highest BCUT2D eigenvalue weighted by molar-refractivity contribution is 5.37. The van der Waals surface area contributed by atoms with E-state index < -0.39 is 0 Å². The molecule has 0 unspecified atom stereocenters. The highest BCUT2D eigenvalue weighted by Gasteiger charge is 2.23. The van der Waals surface area contributed by atoms with Crippen molar-refractivity contribution in [3.8, 4) is 0 Å². The summed E-state index contributed by atoms with van der Waals surface area (Å²) in [5, 5.41) is 4.41. The monoisotopic (exact) mass is 296 g/mol. The van der Waals surface area contributed by atoms with Gasteiger partial charge in [-0.2, -0.15) is 5.10 Å². The van der Waals surface area contributed by atoms with Gasteiger partial charge in [-0.25, -0.2) is 14.5 Å². The largest absolute Gasteiger partial charge is 0.348 e. The van der Waals surface area contributed by atoms with Crippen LogP contribution in [0.3, 0.4) is 0 Å². The Hall–Kier alpha value is -2.21. The van der Waals surface area contributed by atoms with Gasteiger partial charge in [0.25, 0.3) is 0 Å². The smallest absolute Gasteiger partial charge is 0.155 e. The molecule has 22 heavy (non-hydrogen) atoms. The number of likely N-dealkylation sites (tertiary alicyclic amines) is 1. The van der Waals surface area contributed by atoms with Crippen molar-refractivity contribution < 1.29 is 0 Å². The summed E-state index contributed by atoms with van der Waals surface area (Å²) >= 11 is 0. The van der Waals surface area contributed by atoms with Crippen molar-refractivity contribution in [2.24, 2.45) is 0 Å². The summed E-state index contributed by atoms with van der Waals surface area (Å²) in [6.07, 6.45) is 7.81. The molecule has 0 bridgehead atoms. The predicted octanol–water partition coefficient (Wildman–Crippen LogP) is 2.14. The lowest BCUT2D eigenvalue weighted by molar-refractivity contribution is 0.200. The molecule has 0 aliphatic carbocycles. The number of hydrogen-bond acceptors (Lipinski definition) is 4. The van der Waals surface area contributed by atoms with Gasteiger partial charge in [-0.05, 0) is 38.9 Å². The van der Waals surface area contributed by atoms with E-state index in [1.165, 1.54) is 11.4 Å². The number of H-pyrrole nitrogens is 1. The first kappa shape index (κ1) is 13.5. The van der Waals surface area contributed by atoms with Crippen LogP contribution in [0.4, 0.5) is 0 Å². The van der Waals surface area contributed by atoms with E-state index in [0.717, 1.165) is 43.8 Å². The third-order valence-electron chi connectivity index (χ3n) is 4.63. The van der Waals surface area contributed by atoms with Gasteiger partial charge in [0.05, 0.1) is 18.2 Å². The number of piperidine rings is 1. The molecular formula is C16H20N6. The number of nitrogens with zero attached hydrogens (tertiary/aromatic N) is 5. The minimum Gasteiger partial charge on any atom is -0.348 e. The molecule has 6 nitrogen and oxygen atoms in total. The molecule has 1 aliphatic rings. The standard InChI is InChI=1S/C16H20N6/c1-12-14(19-11-18-12)10-21-8-4-13(5-9-21)15-2-6-17-16-3-7-20-22(15)16/h2-3,6-7,11,13H,4-5,8-10H2,1H3,(H,18,19). The van der Waals surface area contributed by atoms with Gasteiger partial charge in [0.2, 0.25) is 0 Å². The van der Waals surface area contributed by atoms with Crippen LogP contribution >= 0.6 is 0 Å². The van der Waals surface area contributed by atoms with Crippen LogP contribution in [0.1, 0.15) is 35.8 Å². The molecule has 0 radical (unpaired) electrons. The van der Waals surface area contributed by atoms with E-state index in [1.54, 1.807) is 6.33 Å². The van der Waals surface area contributed by atoms with Gasteiger partial charge in [-0.3, -0.25) is 4.90 Å². The van der Waals surface area contributed by atoms with E-state index >= 15 is 0 Å². The Morgan fingerprint density at radius 2 is 2.05 bits per heavy atom. The molecule has 1 fully saturated rings. The lowest BCUT2D eigenvalue weighted by atomic mass is 9.93. The maximum atomic E-state index is 4.41. The van der Waals surface area contributed by atoms with Gasteiger partial charge in [-0.1, -0.05) is 0 Å². The highest BCUT2D eigenvalue weighted by Crippen LogP contribution is 2.28. The summed E-state index contributed by atoms with van der Waals surface area (Å²) in [5.74, 6) is 0.557. The van der Waals surface area contributed by atoms with Crippen LogP contribution < -0.4 is 0 Å². The van der Waals surface area contributed by atoms with Crippen LogP contribution in [-0.2, 0) is 6.54 Å². The topological polar surface area (TPSA) is 62.1 Å². The summed E-state index contributed by atoms with van der Waals surface area (Å²) in [4.78, 5) is 14.4. The zero-order chi connectivity index (χ0) is 14.9. The van der Waals surface area contributed by atoms with Gasteiger partial charge in [0.15, 0.2) is 5.65 Å². The van der Waals surface area contributed by atoms with Crippen LogP contribution in [0.15, 0.2) is 30.9 Å². The molecule has 0 atom stereocenters. The third-order valence-corrected chi connectivity index (χ3v) is 4.63. The van der Waals surface area contributed by atoms with E-state index in [-0.39, 0.29) is 0 Å². The first-order valence-corrected chi connectivity index (χ1v) is 7.81. The fourth-order valence-corrected chi connectivity index (χ4v) is 3.31. The number of aromatic amines is 1. The Balaban J connectivity index is 1.46. The molecule has 1 saturated heterocycles. The quantitative estimate of drug-likeness (QED) is 0.804. The zero-order valence-corrected chi connectivity index (χ0v) is 12.7. The minimum atomic E-state index is 0.557. The number of aryl methyl sites for hydroxylation is 1. The van der Waals surface area contributed by atoms with E-state index in [1.807, 2.05) is 23.0 Å². The number of hydrogen-bond donors (Lipinski definition) is 1. The molecule has 0 aromatic carbocycles. The number of fused-ring (bicyclic) bond motifs is 1. The highest BCUT2D eigenvalue weighted by atomic mass is 15.3. The summed E-state index contributed by atoms with van der Waals surface area (Å²) in [5.41, 5.74) is 4.56. The van der Waals surface area contributed by atoms with Crippen molar-refractivity contribution in [1.82, 2.24) is 29.5 Å². The van der Waals surface area contributed by atoms with Crippen LogP contribution in [0.5, 0.6) is 0 Å². The van der Waals surface area contributed by atoms with E-state index in [9.17, 15) is 0 Å². The normalized spacial score (nSPS) is 17.3. The van der Waals surface area contributed by atoms with E-state index in [2.05, 4.69) is 37.9 Å². The van der Waals surface area contributed by atoms with Crippen molar-refractivity contribution in [3.05, 3.63) is 47.9 Å². The Labute approximate surface area is 129 Å². The van der Waals surface area contributed by atoms with Gasteiger partial charge in [0, 0.05) is 36.1 Å². The van der Waals surface area contributed by atoms with Crippen molar-refractivity contribution in [3.63, 3.8) is 0 Å². The van der Waals surface area contributed by atoms with Crippen LogP contribution in [-0.4, -0.2) is 42.6 Å². The first-order chi connectivity index (χ1) is 10.8. The predicted molar refractivity (Wildman–Crippen MR) is 83.6 cm³/mol. The third kappa shape index (κ3) is 2.39. The average molecular weight is 296 g/mol. The van der Waals surface area contributed by atoms with Crippen LogP contribution in [0, 0.1) is 6.92 Å². The number of rotatable bonds is 3. The lowest BCUT2D eigenvalue weighted by Crippen LogP contribution is -2.33. The molecule has 3 aromatic heterocycles. The lowest BCUT2D eigenvalue weighted by Gasteiger charge is -2.31. The fraction of sp³-hybridized carbons (Fsp3) is 0.438. The first-order valence-electron chi connectivity index (χ1n) is 7.81. The molecule has 1 aliphatic heterocycles.